The van der Waals surface area contributed by atoms with Gasteiger partial charge in [0, 0.05) is 6.20 Å². The van der Waals surface area contributed by atoms with Crippen molar-refractivity contribution in [1.29, 1.82) is 5.41 Å². The Morgan fingerprint density at radius 3 is 2.67 bits per heavy atom. The summed E-state index contributed by atoms with van der Waals surface area (Å²) < 4.78 is 2.01. The number of nitrogens with two attached hydrogens (primary N) is 1. The van der Waals surface area contributed by atoms with Crippen molar-refractivity contribution in [3.63, 3.8) is 0 Å². The summed E-state index contributed by atoms with van der Waals surface area (Å²) in [5.74, 6) is 0.120. The molecule has 2 rings (SSSR count). The third-order valence-electron chi connectivity index (χ3n) is 3.16. The average Bonchev–Trinajstić information content (AvgIpc) is 2.62. The van der Waals surface area contributed by atoms with Crippen molar-refractivity contribution in [3.8, 4) is 0 Å². The first-order valence-corrected chi connectivity index (χ1v) is 5.58. The van der Waals surface area contributed by atoms with E-state index in [9.17, 15) is 0 Å². The highest BCUT2D eigenvalue weighted by Crippen LogP contribution is 2.28. The summed E-state index contributed by atoms with van der Waals surface area (Å²) in [6.45, 7) is 1.91. The topological polar surface area (TPSA) is 67.7 Å². The molecule has 82 valence electrons. The zero-order valence-corrected chi connectivity index (χ0v) is 9.16. The van der Waals surface area contributed by atoms with Crippen molar-refractivity contribution in [2.75, 3.05) is 0 Å². The number of nitrogens with zero attached hydrogens (tertiary/aromatic N) is 2. The Kier molecular flexibility index (Phi) is 2.75. The van der Waals surface area contributed by atoms with Crippen LogP contribution in [-0.2, 0) is 0 Å². The predicted molar refractivity (Wildman–Crippen MR) is 60.1 cm³/mol. The first kappa shape index (κ1) is 10.2. The maximum atomic E-state index is 7.43. The second-order valence-electron chi connectivity index (χ2n) is 4.31. The van der Waals surface area contributed by atoms with Gasteiger partial charge in [0.25, 0.3) is 0 Å². The van der Waals surface area contributed by atoms with Crippen LogP contribution >= 0.6 is 0 Å². The third-order valence-corrected chi connectivity index (χ3v) is 3.16. The number of nitrogen functional groups attached to an aromatic ring is 1. The molecular formula is C11H18N4. The summed E-state index contributed by atoms with van der Waals surface area (Å²) in [5.41, 5.74) is 7.13. The second kappa shape index (κ2) is 4.04. The lowest BCUT2D eigenvalue weighted by Crippen LogP contribution is -2.14. The van der Waals surface area contributed by atoms with Gasteiger partial charge in [0.15, 0.2) is 0 Å². The molecule has 1 fully saturated rings. The van der Waals surface area contributed by atoms with Gasteiger partial charge < -0.3 is 5.73 Å². The van der Waals surface area contributed by atoms with Gasteiger partial charge in [-0.05, 0) is 19.8 Å². The summed E-state index contributed by atoms with van der Waals surface area (Å²) in [5, 5.41) is 11.9. The summed E-state index contributed by atoms with van der Waals surface area (Å²) >= 11 is 0. The molecule has 0 unspecified atom stereocenters. The lowest BCUT2D eigenvalue weighted by Gasteiger charge is -2.21. The van der Waals surface area contributed by atoms with E-state index in [0.29, 0.717) is 6.04 Å². The van der Waals surface area contributed by atoms with Gasteiger partial charge in [-0.3, -0.25) is 10.1 Å². The SMILES string of the molecule is Cc1nn(C2CCCCC2)cc1C(=N)N. The molecule has 0 radical (unpaired) electrons. The highest BCUT2D eigenvalue weighted by molar-refractivity contribution is 5.95. The van der Waals surface area contributed by atoms with Crippen LogP contribution in [0.1, 0.15) is 49.4 Å². The number of hydrogen-bond donors (Lipinski definition) is 2. The van der Waals surface area contributed by atoms with E-state index in [4.69, 9.17) is 11.1 Å². The molecule has 4 nitrogen and oxygen atoms in total. The zero-order chi connectivity index (χ0) is 10.8. The lowest BCUT2D eigenvalue weighted by molar-refractivity contribution is 0.328. The minimum Gasteiger partial charge on any atom is -0.384 e. The second-order valence-corrected chi connectivity index (χ2v) is 4.31. The fourth-order valence-corrected chi connectivity index (χ4v) is 2.28. The highest BCUT2D eigenvalue weighted by atomic mass is 15.3. The Labute approximate surface area is 90.0 Å². The van der Waals surface area contributed by atoms with E-state index in [1.165, 1.54) is 32.1 Å². The first-order valence-electron chi connectivity index (χ1n) is 5.58. The van der Waals surface area contributed by atoms with E-state index >= 15 is 0 Å². The molecule has 0 saturated heterocycles. The molecule has 0 atom stereocenters. The van der Waals surface area contributed by atoms with E-state index in [1.807, 2.05) is 17.8 Å². The highest BCUT2D eigenvalue weighted by Gasteiger charge is 2.17. The van der Waals surface area contributed by atoms with Crippen molar-refractivity contribution >= 4 is 5.84 Å². The quantitative estimate of drug-likeness (QED) is 0.574. The van der Waals surface area contributed by atoms with Gasteiger partial charge in [0.2, 0.25) is 0 Å². The van der Waals surface area contributed by atoms with Crippen molar-refractivity contribution in [2.45, 2.75) is 45.1 Å². The third kappa shape index (κ3) is 2.03. The molecule has 4 heteroatoms. The van der Waals surface area contributed by atoms with Crippen LogP contribution in [0.15, 0.2) is 6.20 Å². The molecule has 1 saturated carbocycles. The fraction of sp³-hybridized carbons (Fsp3) is 0.636. The van der Waals surface area contributed by atoms with E-state index < -0.39 is 0 Å². The number of nitrogens with one attached hydrogen (secondary N) is 1. The summed E-state index contributed by atoms with van der Waals surface area (Å²) in [6, 6.07) is 0.519. The Bertz CT molecular complexity index is 361. The summed E-state index contributed by atoms with van der Waals surface area (Å²) in [4.78, 5) is 0. The fourth-order valence-electron chi connectivity index (χ4n) is 2.28. The van der Waals surface area contributed by atoms with Crippen molar-refractivity contribution < 1.29 is 0 Å². The molecule has 1 aliphatic carbocycles. The molecule has 0 amide bonds. The number of aryl methyl sites for hydroxylation is 1. The van der Waals surface area contributed by atoms with Gasteiger partial charge in [0.1, 0.15) is 5.84 Å². The van der Waals surface area contributed by atoms with Crippen LogP contribution in [0.4, 0.5) is 0 Å². The Balaban J connectivity index is 2.21. The first-order chi connectivity index (χ1) is 7.18. The van der Waals surface area contributed by atoms with Crippen molar-refractivity contribution in [1.82, 2.24) is 9.78 Å². The lowest BCUT2D eigenvalue weighted by atomic mass is 9.96. The van der Waals surface area contributed by atoms with Gasteiger partial charge >= 0.3 is 0 Å². The van der Waals surface area contributed by atoms with E-state index in [1.54, 1.807) is 0 Å². The zero-order valence-electron chi connectivity index (χ0n) is 9.16. The minimum atomic E-state index is 0.120. The number of amidine groups is 1. The van der Waals surface area contributed by atoms with Gasteiger partial charge in [0.05, 0.1) is 17.3 Å². The van der Waals surface area contributed by atoms with Crippen LogP contribution in [0, 0.1) is 12.3 Å². The van der Waals surface area contributed by atoms with Crippen LogP contribution < -0.4 is 5.73 Å². The molecule has 0 aliphatic heterocycles. The number of hydrogen-bond acceptors (Lipinski definition) is 2. The van der Waals surface area contributed by atoms with Crippen LogP contribution in [0.3, 0.4) is 0 Å². The molecule has 0 spiro atoms. The van der Waals surface area contributed by atoms with Crippen molar-refractivity contribution in [3.05, 3.63) is 17.5 Å². The van der Waals surface area contributed by atoms with Gasteiger partial charge in [-0.15, -0.1) is 0 Å². The molecule has 15 heavy (non-hydrogen) atoms. The molecule has 1 aliphatic rings. The standard InChI is InChI=1S/C11H18N4/c1-8-10(11(12)13)7-15(14-8)9-5-3-2-4-6-9/h7,9H,2-6H2,1H3,(H3,12,13). The molecular weight excluding hydrogens is 188 g/mol. The minimum absolute atomic E-state index is 0.120. The predicted octanol–water partition coefficient (Wildman–Crippen LogP) is 1.98. The monoisotopic (exact) mass is 206 g/mol. The Hall–Kier alpha value is -1.32. The number of rotatable bonds is 2. The van der Waals surface area contributed by atoms with Gasteiger partial charge in [-0.25, -0.2) is 0 Å². The summed E-state index contributed by atoms with van der Waals surface area (Å²) in [6.07, 6.45) is 8.26. The van der Waals surface area contributed by atoms with Crippen LogP contribution in [-0.4, -0.2) is 15.6 Å². The normalized spacial score (nSPS) is 17.9. The van der Waals surface area contributed by atoms with Crippen molar-refractivity contribution in [2.24, 2.45) is 5.73 Å². The molecule has 3 N–H and O–H groups in total. The maximum absolute atomic E-state index is 7.43. The Morgan fingerprint density at radius 1 is 1.47 bits per heavy atom. The maximum Gasteiger partial charge on any atom is 0.126 e. The largest absolute Gasteiger partial charge is 0.384 e. The van der Waals surface area contributed by atoms with E-state index in [-0.39, 0.29) is 5.84 Å². The van der Waals surface area contributed by atoms with Gasteiger partial charge in [-0.2, -0.15) is 5.10 Å². The molecule has 0 bridgehead atoms. The Morgan fingerprint density at radius 2 is 2.13 bits per heavy atom. The molecule has 1 heterocycles. The van der Waals surface area contributed by atoms with Crippen LogP contribution in [0.5, 0.6) is 0 Å². The summed E-state index contributed by atoms with van der Waals surface area (Å²) in [7, 11) is 0. The molecule has 1 aromatic rings. The molecule has 1 aromatic heterocycles. The van der Waals surface area contributed by atoms with E-state index in [0.717, 1.165) is 11.3 Å². The van der Waals surface area contributed by atoms with Crippen LogP contribution in [0.25, 0.3) is 0 Å². The van der Waals surface area contributed by atoms with E-state index in [2.05, 4.69) is 5.10 Å². The molecule has 0 aromatic carbocycles. The smallest absolute Gasteiger partial charge is 0.126 e. The van der Waals surface area contributed by atoms with Gasteiger partial charge in [-0.1, -0.05) is 19.3 Å². The number of aromatic nitrogens is 2. The average molecular weight is 206 g/mol. The van der Waals surface area contributed by atoms with Crippen LogP contribution in [0.2, 0.25) is 0 Å².